The van der Waals surface area contributed by atoms with Crippen LogP contribution >= 0.6 is 34.2 Å². The van der Waals surface area contributed by atoms with Crippen molar-refractivity contribution in [1.29, 1.82) is 0 Å². The number of aromatic nitrogens is 2. The molecule has 0 amide bonds. The van der Waals surface area contributed by atoms with Gasteiger partial charge in [0.05, 0.1) is 26.8 Å². The Morgan fingerprint density at radius 2 is 2.00 bits per heavy atom. The maximum Gasteiger partial charge on any atom is 0.282 e. The van der Waals surface area contributed by atoms with E-state index in [4.69, 9.17) is 25.7 Å². The molecule has 1 atom stereocenters. The van der Waals surface area contributed by atoms with Crippen LogP contribution in [-0.2, 0) is 0 Å². The molecule has 0 spiro atoms. The van der Waals surface area contributed by atoms with Crippen molar-refractivity contribution in [2.45, 2.75) is 26.4 Å². The first kappa shape index (κ1) is 23.6. The summed E-state index contributed by atoms with van der Waals surface area (Å²) in [6, 6.07) is 20.1. The number of fused-ring (bicyclic) bond motifs is 2. The van der Waals surface area contributed by atoms with Crippen molar-refractivity contribution in [1.82, 2.24) is 9.66 Å². The zero-order chi connectivity index (χ0) is 24.5. The van der Waals surface area contributed by atoms with E-state index in [2.05, 4.69) is 34.6 Å². The van der Waals surface area contributed by atoms with E-state index in [1.807, 2.05) is 43.3 Å². The summed E-state index contributed by atoms with van der Waals surface area (Å²) in [4.78, 5) is 18.1. The van der Waals surface area contributed by atoms with Crippen molar-refractivity contribution in [2.24, 2.45) is 5.10 Å². The van der Waals surface area contributed by atoms with E-state index in [1.54, 1.807) is 36.5 Å². The lowest BCUT2D eigenvalue weighted by molar-refractivity contribution is 0.216. The summed E-state index contributed by atoms with van der Waals surface area (Å²) < 4.78 is 14.2. The Kier molecular flexibility index (Phi) is 6.62. The van der Waals surface area contributed by atoms with Gasteiger partial charge in [0.2, 0.25) is 5.82 Å². The predicted molar refractivity (Wildman–Crippen MR) is 149 cm³/mol. The maximum atomic E-state index is 13.4. The molecule has 0 saturated carbocycles. The number of hydrogen-bond acceptors (Lipinski definition) is 5. The molecule has 5 aromatic rings. The first-order valence-electron chi connectivity index (χ1n) is 11.1. The van der Waals surface area contributed by atoms with Gasteiger partial charge in [-0.25, -0.2) is 4.98 Å². The fourth-order valence-corrected chi connectivity index (χ4v) is 4.48. The van der Waals surface area contributed by atoms with Gasteiger partial charge in [0.1, 0.15) is 11.3 Å². The van der Waals surface area contributed by atoms with Crippen LogP contribution in [0.2, 0.25) is 5.02 Å². The van der Waals surface area contributed by atoms with Gasteiger partial charge in [-0.15, -0.1) is 0 Å². The van der Waals surface area contributed by atoms with Crippen LogP contribution in [0.5, 0.6) is 5.75 Å². The lowest BCUT2D eigenvalue weighted by Crippen LogP contribution is -2.20. The molecule has 3 aromatic carbocycles. The third kappa shape index (κ3) is 4.83. The van der Waals surface area contributed by atoms with Gasteiger partial charge in [-0.2, -0.15) is 9.78 Å². The van der Waals surface area contributed by atoms with Crippen molar-refractivity contribution >= 4 is 62.3 Å². The quantitative estimate of drug-likeness (QED) is 0.154. The normalized spacial score (nSPS) is 12.6. The molecule has 0 saturated heterocycles. The van der Waals surface area contributed by atoms with Gasteiger partial charge in [-0.3, -0.25) is 4.79 Å². The number of rotatable bonds is 6. The third-order valence-electron chi connectivity index (χ3n) is 5.63. The Balaban J connectivity index is 1.61. The maximum absolute atomic E-state index is 13.4. The van der Waals surface area contributed by atoms with Crippen LogP contribution in [-0.4, -0.2) is 22.0 Å². The molecule has 0 fully saturated rings. The summed E-state index contributed by atoms with van der Waals surface area (Å²) in [7, 11) is 0. The van der Waals surface area contributed by atoms with Gasteiger partial charge in [-0.05, 0) is 96.1 Å². The summed E-state index contributed by atoms with van der Waals surface area (Å²) in [5.41, 5.74) is 1.76. The second kappa shape index (κ2) is 9.83. The Morgan fingerprint density at radius 3 is 2.80 bits per heavy atom. The molecule has 0 radical (unpaired) electrons. The number of nitrogens with zero attached hydrogens (tertiary/aromatic N) is 3. The van der Waals surface area contributed by atoms with E-state index in [1.165, 1.54) is 4.68 Å². The summed E-state index contributed by atoms with van der Waals surface area (Å²) in [6.45, 7) is 4.13. The zero-order valence-electron chi connectivity index (χ0n) is 19.0. The van der Waals surface area contributed by atoms with E-state index in [0.29, 0.717) is 33.1 Å². The Bertz CT molecular complexity index is 1640. The lowest BCUT2D eigenvalue weighted by Gasteiger charge is -2.14. The molecule has 0 N–H and O–H groups in total. The molecular weight excluding hydrogens is 577 g/mol. The summed E-state index contributed by atoms with van der Waals surface area (Å²) in [5.74, 6) is 1.56. The lowest BCUT2D eigenvalue weighted by atomic mass is 10.2. The average Bonchev–Trinajstić information content (AvgIpc) is 3.28. The van der Waals surface area contributed by atoms with Crippen molar-refractivity contribution < 1.29 is 9.15 Å². The molecule has 0 aliphatic carbocycles. The minimum atomic E-state index is -0.285. The molecule has 0 bridgehead atoms. The van der Waals surface area contributed by atoms with Crippen LogP contribution in [0.25, 0.3) is 33.5 Å². The SMILES string of the molecule is CC[C@@H](C)Oc1ccc(C=Nn2c(-c3cc4cc(Cl)ccc4o3)nc3ccccc3c2=O)cc1I. The van der Waals surface area contributed by atoms with Gasteiger partial charge < -0.3 is 9.15 Å². The number of ether oxygens (including phenoxy) is 1. The number of hydrogen-bond donors (Lipinski definition) is 0. The molecular formula is C27H21ClIN3O3. The Labute approximate surface area is 220 Å². The molecule has 0 aliphatic rings. The summed E-state index contributed by atoms with van der Waals surface area (Å²) >= 11 is 8.38. The Hall–Kier alpha value is -3.17. The van der Waals surface area contributed by atoms with Crippen LogP contribution in [0.1, 0.15) is 25.8 Å². The molecule has 8 heteroatoms. The average molecular weight is 598 g/mol. The van der Waals surface area contributed by atoms with Gasteiger partial charge in [0.15, 0.2) is 5.76 Å². The highest BCUT2D eigenvalue weighted by molar-refractivity contribution is 14.1. The second-order valence-electron chi connectivity index (χ2n) is 8.13. The highest BCUT2D eigenvalue weighted by Crippen LogP contribution is 2.29. The van der Waals surface area contributed by atoms with Crippen molar-refractivity contribution in [3.05, 3.63) is 91.2 Å². The van der Waals surface area contributed by atoms with E-state index in [9.17, 15) is 4.79 Å². The van der Waals surface area contributed by atoms with E-state index < -0.39 is 0 Å². The molecule has 35 heavy (non-hydrogen) atoms. The molecule has 176 valence electrons. The summed E-state index contributed by atoms with van der Waals surface area (Å²) in [6.07, 6.45) is 2.69. The van der Waals surface area contributed by atoms with Crippen LogP contribution in [0.15, 0.2) is 81.0 Å². The van der Waals surface area contributed by atoms with E-state index >= 15 is 0 Å². The van der Waals surface area contributed by atoms with Crippen LogP contribution in [0, 0.1) is 3.57 Å². The molecule has 6 nitrogen and oxygen atoms in total. The third-order valence-corrected chi connectivity index (χ3v) is 6.71. The standard InChI is InChI=1S/C27H21ClIN3O3/c1-3-16(2)34-24-10-8-17(12-21(24)29)15-30-32-26(31-22-7-5-4-6-20(22)27(32)33)25-14-18-13-19(28)9-11-23(18)35-25/h4-16H,3H2,1-2H3/t16-/m1/s1. The van der Waals surface area contributed by atoms with Gasteiger partial charge in [0.25, 0.3) is 5.56 Å². The fourth-order valence-electron chi connectivity index (χ4n) is 3.63. The van der Waals surface area contributed by atoms with Crippen molar-refractivity contribution in [3.8, 4) is 17.3 Å². The van der Waals surface area contributed by atoms with Crippen LogP contribution in [0.3, 0.4) is 0 Å². The predicted octanol–water partition coefficient (Wildman–Crippen LogP) is 7.13. The summed E-state index contributed by atoms with van der Waals surface area (Å²) in [5, 5.41) is 6.41. The van der Waals surface area contributed by atoms with Gasteiger partial charge in [0, 0.05) is 10.4 Å². The first-order chi connectivity index (χ1) is 16.9. The van der Waals surface area contributed by atoms with E-state index in [-0.39, 0.29) is 11.7 Å². The number of benzene rings is 3. The smallest absolute Gasteiger partial charge is 0.282 e. The first-order valence-corrected chi connectivity index (χ1v) is 12.6. The largest absolute Gasteiger partial charge is 0.490 e. The minimum absolute atomic E-state index is 0.131. The number of para-hydroxylation sites is 1. The topological polar surface area (TPSA) is 69.6 Å². The second-order valence-corrected chi connectivity index (χ2v) is 9.73. The van der Waals surface area contributed by atoms with Crippen molar-refractivity contribution in [2.75, 3.05) is 0 Å². The van der Waals surface area contributed by atoms with Crippen LogP contribution in [0.4, 0.5) is 0 Å². The highest BCUT2D eigenvalue weighted by atomic mass is 127. The zero-order valence-corrected chi connectivity index (χ0v) is 21.9. The minimum Gasteiger partial charge on any atom is -0.490 e. The Morgan fingerprint density at radius 1 is 1.17 bits per heavy atom. The molecule has 2 heterocycles. The van der Waals surface area contributed by atoms with E-state index in [0.717, 1.165) is 26.7 Å². The van der Waals surface area contributed by atoms with Crippen LogP contribution < -0.4 is 10.3 Å². The monoisotopic (exact) mass is 597 g/mol. The fraction of sp³-hybridized carbons (Fsp3) is 0.148. The molecule has 5 rings (SSSR count). The number of furan rings is 1. The molecule has 0 unspecified atom stereocenters. The molecule has 0 aliphatic heterocycles. The molecule has 2 aromatic heterocycles. The highest BCUT2D eigenvalue weighted by Gasteiger charge is 2.16. The number of halogens is 2. The van der Waals surface area contributed by atoms with Gasteiger partial charge in [-0.1, -0.05) is 30.7 Å². The van der Waals surface area contributed by atoms with Crippen molar-refractivity contribution in [3.63, 3.8) is 0 Å². The van der Waals surface area contributed by atoms with Gasteiger partial charge >= 0.3 is 0 Å².